The summed E-state index contributed by atoms with van der Waals surface area (Å²) < 4.78 is 0. The van der Waals surface area contributed by atoms with Gasteiger partial charge in [0.15, 0.2) is 0 Å². The van der Waals surface area contributed by atoms with E-state index in [1.807, 2.05) is 13.1 Å². The van der Waals surface area contributed by atoms with Crippen LogP contribution in [0.15, 0.2) is 5.16 Å². The van der Waals surface area contributed by atoms with E-state index >= 15 is 0 Å². The molecule has 1 rings (SSSR count). The van der Waals surface area contributed by atoms with E-state index in [0.29, 0.717) is 12.6 Å². The molecule has 64 valence electrons. The second kappa shape index (κ2) is 5.13. The Balaban J connectivity index is 2.13. The molecule has 0 saturated carbocycles. The minimum atomic E-state index is 0.440. The molecule has 0 amide bonds. The predicted molar refractivity (Wildman–Crippen MR) is 45.8 cm³/mol. The van der Waals surface area contributed by atoms with Crippen LogP contribution in [0.3, 0.4) is 0 Å². The molecule has 0 aliphatic carbocycles. The van der Waals surface area contributed by atoms with Gasteiger partial charge in [-0.2, -0.15) is 0 Å². The highest BCUT2D eigenvalue weighted by molar-refractivity contribution is 5.63. The maximum Gasteiger partial charge on any atom is 0.114 e. The van der Waals surface area contributed by atoms with E-state index < -0.39 is 0 Å². The van der Waals surface area contributed by atoms with Crippen molar-refractivity contribution in [2.75, 3.05) is 13.2 Å². The summed E-state index contributed by atoms with van der Waals surface area (Å²) in [5, 5.41) is 7.17. The summed E-state index contributed by atoms with van der Waals surface area (Å²) in [5.74, 6) is 0. The quantitative estimate of drug-likeness (QED) is 0.491. The highest BCUT2D eigenvalue weighted by Gasteiger charge is 2.08. The van der Waals surface area contributed by atoms with Crippen LogP contribution in [0.1, 0.15) is 26.2 Å². The number of piperidine rings is 1. The summed E-state index contributed by atoms with van der Waals surface area (Å²) in [7, 11) is 0. The molecule has 0 aromatic heterocycles. The van der Waals surface area contributed by atoms with Gasteiger partial charge in [0.25, 0.3) is 0 Å². The fraction of sp³-hybridized carbons (Fsp3) is 0.875. The van der Waals surface area contributed by atoms with Crippen molar-refractivity contribution >= 4 is 6.21 Å². The minimum Gasteiger partial charge on any atom is -0.396 e. The van der Waals surface area contributed by atoms with E-state index in [2.05, 4.69) is 10.5 Å². The largest absolute Gasteiger partial charge is 0.396 e. The lowest BCUT2D eigenvalue weighted by atomic mass is 10.1. The molecule has 3 heteroatoms. The summed E-state index contributed by atoms with van der Waals surface area (Å²) >= 11 is 0. The first-order valence-electron chi connectivity index (χ1n) is 4.32. The molecule has 3 nitrogen and oxygen atoms in total. The maximum absolute atomic E-state index is 4.87. The van der Waals surface area contributed by atoms with E-state index in [4.69, 9.17) is 4.84 Å². The highest BCUT2D eigenvalue weighted by atomic mass is 16.6. The van der Waals surface area contributed by atoms with Crippen LogP contribution >= 0.6 is 0 Å². The van der Waals surface area contributed by atoms with Crippen LogP contribution in [0.5, 0.6) is 0 Å². The molecule has 1 atom stereocenters. The van der Waals surface area contributed by atoms with E-state index in [-0.39, 0.29) is 0 Å². The van der Waals surface area contributed by atoms with Crippen molar-refractivity contribution in [3.63, 3.8) is 0 Å². The average Bonchev–Trinajstić information content (AvgIpc) is 2.07. The SMILES string of the molecule is CCON=CC1CCCCN1. The van der Waals surface area contributed by atoms with E-state index in [9.17, 15) is 0 Å². The van der Waals surface area contributed by atoms with Crippen molar-refractivity contribution < 1.29 is 4.84 Å². The van der Waals surface area contributed by atoms with Crippen LogP contribution < -0.4 is 5.32 Å². The molecule has 0 aromatic carbocycles. The lowest BCUT2D eigenvalue weighted by Gasteiger charge is -2.18. The van der Waals surface area contributed by atoms with Crippen LogP contribution in [0, 0.1) is 0 Å². The van der Waals surface area contributed by atoms with Crippen molar-refractivity contribution in [2.24, 2.45) is 5.16 Å². The molecule has 0 bridgehead atoms. The maximum atomic E-state index is 4.87. The van der Waals surface area contributed by atoms with Gasteiger partial charge in [0.2, 0.25) is 0 Å². The zero-order valence-electron chi connectivity index (χ0n) is 7.05. The third-order valence-electron chi connectivity index (χ3n) is 1.79. The second-order valence-electron chi connectivity index (χ2n) is 2.73. The summed E-state index contributed by atoms with van der Waals surface area (Å²) in [5.41, 5.74) is 0. The monoisotopic (exact) mass is 156 g/mol. The van der Waals surface area contributed by atoms with Gasteiger partial charge >= 0.3 is 0 Å². The molecule has 0 aromatic rings. The summed E-state index contributed by atoms with van der Waals surface area (Å²) in [6.07, 6.45) is 5.65. The Labute approximate surface area is 67.8 Å². The Morgan fingerprint density at radius 3 is 3.18 bits per heavy atom. The van der Waals surface area contributed by atoms with Crippen molar-refractivity contribution in [1.29, 1.82) is 0 Å². The number of nitrogens with zero attached hydrogens (tertiary/aromatic N) is 1. The Morgan fingerprint density at radius 1 is 1.64 bits per heavy atom. The zero-order valence-corrected chi connectivity index (χ0v) is 7.05. The van der Waals surface area contributed by atoms with Crippen molar-refractivity contribution in [3.8, 4) is 0 Å². The lowest BCUT2D eigenvalue weighted by Crippen LogP contribution is -2.35. The standard InChI is InChI=1S/C8H16N2O/c1-2-11-10-7-8-5-3-4-6-9-8/h7-9H,2-6H2,1H3. The Hall–Kier alpha value is -0.570. The van der Waals surface area contributed by atoms with Crippen LogP contribution in [0.4, 0.5) is 0 Å². The predicted octanol–water partition coefficient (Wildman–Crippen LogP) is 1.15. The number of oxime groups is 1. The average molecular weight is 156 g/mol. The van der Waals surface area contributed by atoms with Gasteiger partial charge in [-0.05, 0) is 26.3 Å². The third kappa shape index (κ3) is 3.37. The van der Waals surface area contributed by atoms with Crippen molar-refractivity contribution in [3.05, 3.63) is 0 Å². The normalized spacial score (nSPS) is 25.7. The Kier molecular flexibility index (Phi) is 3.98. The molecule has 11 heavy (non-hydrogen) atoms. The fourth-order valence-corrected chi connectivity index (χ4v) is 1.20. The van der Waals surface area contributed by atoms with Crippen molar-refractivity contribution in [1.82, 2.24) is 5.32 Å². The van der Waals surface area contributed by atoms with Crippen LogP contribution in [-0.4, -0.2) is 25.4 Å². The van der Waals surface area contributed by atoms with E-state index in [1.165, 1.54) is 19.3 Å². The van der Waals surface area contributed by atoms with Crippen LogP contribution in [0.25, 0.3) is 0 Å². The molecule has 1 unspecified atom stereocenters. The van der Waals surface area contributed by atoms with Crippen molar-refractivity contribution in [2.45, 2.75) is 32.2 Å². The second-order valence-corrected chi connectivity index (χ2v) is 2.73. The molecule has 1 N–H and O–H groups in total. The smallest absolute Gasteiger partial charge is 0.114 e. The third-order valence-corrected chi connectivity index (χ3v) is 1.79. The lowest BCUT2D eigenvalue weighted by molar-refractivity contribution is 0.159. The van der Waals surface area contributed by atoms with Crippen LogP contribution in [0.2, 0.25) is 0 Å². The molecule has 1 saturated heterocycles. The highest BCUT2D eigenvalue weighted by Crippen LogP contribution is 2.04. The molecule has 0 radical (unpaired) electrons. The molecule has 1 aliphatic rings. The molecular weight excluding hydrogens is 140 g/mol. The number of rotatable bonds is 3. The summed E-state index contributed by atoms with van der Waals surface area (Å²) in [6, 6.07) is 0.440. The Bertz CT molecular complexity index is 119. The molecule has 1 fully saturated rings. The van der Waals surface area contributed by atoms with Gasteiger partial charge < -0.3 is 10.2 Å². The van der Waals surface area contributed by atoms with Gasteiger partial charge in [-0.3, -0.25) is 0 Å². The number of hydrogen-bond acceptors (Lipinski definition) is 3. The number of hydrogen-bond donors (Lipinski definition) is 1. The molecule has 0 spiro atoms. The van der Waals surface area contributed by atoms with Gasteiger partial charge in [-0.25, -0.2) is 0 Å². The summed E-state index contributed by atoms with van der Waals surface area (Å²) in [4.78, 5) is 4.87. The first kappa shape index (κ1) is 8.53. The van der Waals surface area contributed by atoms with Crippen LogP contribution in [-0.2, 0) is 4.84 Å². The van der Waals surface area contributed by atoms with Gasteiger partial charge in [-0.1, -0.05) is 11.6 Å². The van der Waals surface area contributed by atoms with Gasteiger partial charge in [0.05, 0.1) is 6.21 Å². The molecule has 1 heterocycles. The van der Waals surface area contributed by atoms with E-state index in [0.717, 1.165) is 6.54 Å². The zero-order chi connectivity index (χ0) is 7.94. The van der Waals surface area contributed by atoms with Gasteiger partial charge in [-0.15, -0.1) is 0 Å². The molecule has 1 aliphatic heterocycles. The number of nitrogens with one attached hydrogen (secondary N) is 1. The minimum absolute atomic E-state index is 0.440. The van der Waals surface area contributed by atoms with Gasteiger partial charge in [0, 0.05) is 6.04 Å². The van der Waals surface area contributed by atoms with E-state index in [1.54, 1.807) is 0 Å². The topological polar surface area (TPSA) is 33.6 Å². The first-order valence-corrected chi connectivity index (χ1v) is 4.32. The fourth-order valence-electron chi connectivity index (χ4n) is 1.20. The Morgan fingerprint density at radius 2 is 2.55 bits per heavy atom. The van der Waals surface area contributed by atoms with Gasteiger partial charge in [0.1, 0.15) is 6.61 Å². The first-order chi connectivity index (χ1) is 5.43. The molecular formula is C8H16N2O. The summed E-state index contributed by atoms with van der Waals surface area (Å²) in [6.45, 7) is 3.71.